The number of halogens is 3. The fourth-order valence-corrected chi connectivity index (χ4v) is 1.28. The molecule has 1 rings (SSSR count). The molecule has 0 bridgehead atoms. The maximum absolute atomic E-state index is 11.4. The van der Waals surface area contributed by atoms with E-state index in [0.29, 0.717) is 9.51 Å². The van der Waals surface area contributed by atoms with Gasteiger partial charge in [-0.1, -0.05) is 23.2 Å². The summed E-state index contributed by atoms with van der Waals surface area (Å²) in [7, 11) is 0. The fraction of sp³-hybridized carbons (Fsp3) is 0.143. The van der Waals surface area contributed by atoms with E-state index in [1.165, 1.54) is 22.6 Å². The molecule has 0 amide bonds. The van der Waals surface area contributed by atoms with E-state index in [1.54, 1.807) is 0 Å². The van der Waals surface area contributed by atoms with Crippen LogP contribution < -0.4 is 5.56 Å². The predicted octanol–water partition coefficient (Wildman–Crippen LogP) is 2.32. The van der Waals surface area contributed by atoms with Gasteiger partial charge in [0.05, 0.1) is 12.9 Å². The molecule has 1 aromatic heterocycles. The summed E-state index contributed by atoms with van der Waals surface area (Å²) < 4.78 is 1.75. The van der Waals surface area contributed by atoms with Crippen molar-refractivity contribution in [1.82, 2.24) is 9.55 Å². The van der Waals surface area contributed by atoms with Gasteiger partial charge < -0.3 is 0 Å². The molecule has 0 aliphatic heterocycles. The second kappa shape index (κ2) is 4.79. The Labute approximate surface area is 93.1 Å². The molecule has 6 heteroatoms. The van der Waals surface area contributed by atoms with Gasteiger partial charge in [-0.2, -0.15) is 0 Å². The minimum atomic E-state index is -0.188. The topological polar surface area (TPSA) is 34.9 Å². The van der Waals surface area contributed by atoms with Crippen molar-refractivity contribution in [1.29, 1.82) is 0 Å². The fourth-order valence-electron chi connectivity index (χ4n) is 0.734. The van der Waals surface area contributed by atoms with E-state index < -0.39 is 0 Å². The van der Waals surface area contributed by atoms with E-state index in [0.717, 1.165) is 0 Å². The lowest BCUT2D eigenvalue weighted by molar-refractivity contribution is 0.740. The van der Waals surface area contributed by atoms with Crippen LogP contribution in [0.1, 0.15) is 0 Å². The molecular weight excluding hydrogens is 279 g/mol. The third-order valence-corrected chi connectivity index (χ3v) is 2.45. The summed E-state index contributed by atoms with van der Waals surface area (Å²) in [5.41, 5.74) is 1.03. The van der Waals surface area contributed by atoms with E-state index in [9.17, 15) is 4.79 Å². The Morgan fingerprint density at radius 3 is 3.08 bits per heavy atom. The summed E-state index contributed by atoms with van der Waals surface area (Å²) >= 11 is 14.1. The van der Waals surface area contributed by atoms with Gasteiger partial charge in [-0.15, -0.1) is 0 Å². The molecule has 3 nitrogen and oxygen atoms in total. The highest BCUT2D eigenvalue weighted by Crippen LogP contribution is 2.06. The summed E-state index contributed by atoms with van der Waals surface area (Å²) in [6, 6.07) is 0. The molecule has 0 radical (unpaired) electrons. The Kier molecular flexibility index (Phi) is 3.96. The van der Waals surface area contributed by atoms with Crippen LogP contribution in [-0.4, -0.2) is 9.55 Å². The van der Waals surface area contributed by atoms with Crippen molar-refractivity contribution in [3.8, 4) is 0 Å². The number of hydrogen-bond acceptors (Lipinski definition) is 2. The minimum Gasteiger partial charge on any atom is -0.293 e. The maximum atomic E-state index is 11.4. The Hall–Kier alpha value is -0.320. The molecule has 0 aliphatic rings. The van der Waals surface area contributed by atoms with Gasteiger partial charge in [0, 0.05) is 16.8 Å². The van der Waals surface area contributed by atoms with Gasteiger partial charge in [0.25, 0.3) is 5.56 Å². The molecule has 70 valence electrons. The standard InChI is InChI=1S/C7H5BrCl2N2O/c8-6-2-11-4-12(7(6)13)3-5(10)1-9/h1-2,4H,3H2. The average molecular weight is 284 g/mol. The molecule has 0 aromatic carbocycles. The van der Waals surface area contributed by atoms with E-state index in [4.69, 9.17) is 23.2 Å². The van der Waals surface area contributed by atoms with Crippen molar-refractivity contribution in [3.05, 3.63) is 37.9 Å². The molecular formula is C7H5BrCl2N2O. The van der Waals surface area contributed by atoms with Gasteiger partial charge in [-0.25, -0.2) is 4.98 Å². The summed E-state index contributed by atoms with van der Waals surface area (Å²) in [6.45, 7) is 0.232. The van der Waals surface area contributed by atoms with Gasteiger partial charge in [0.15, 0.2) is 0 Å². The zero-order chi connectivity index (χ0) is 9.84. The summed E-state index contributed by atoms with van der Waals surface area (Å²) in [6.07, 6.45) is 2.83. The lowest BCUT2D eigenvalue weighted by atomic mass is 10.5. The van der Waals surface area contributed by atoms with Crippen molar-refractivity contribution in [2.75, 3.05) is 0 Å². The Balaban J connectivity index is 3.03. The zero-order valence-electron chi connectivity index (χ0n) is 6.38. The van der Waals surface area contributed by atoms with Gasteiger partial charge in [-0.05, 0) is 15.9 Å². The van der Waals surface area contributed by atoms with Crippen molar-refractivity contribution < 1.29 is 0 Å². The first-order chi connectivity index (χ1) is 6.15. The third kappa shape index (κ3) is 2.83. The van der Waals surface area contributed by atoms with Gasteiger partial charge in [0.2, 0.25) is 0 Å². The molecule has 0 atom stereocenters. The van der Waals surface area contributed by atoms with Crippen LogP contribution in [0.4, 0.5) is 0 Å². The Morgan fingerprint density at radius 2 is 2.46 bits per heavy atom. The second-order valence-corrected chi connectivity index (χ2v) is 3.79. The normalized spacial score (nSPS) is 11.8. The highest BCUT2D eigenvalue weighted by atomic mass is 79.9. The summed E-state index contributed by atoms with van der Waals surface area (Å²) in [4.78, 5) is 15.2. The van der Waals surface area contributed by atoms with Crippen LogP contribution >= 0.6 is 39.1 Å². The zero-order valence-corrected chi connectivity index (χ0v) is 9.47. The van der Waals surface area contributed by atoms with Crippen LogP contribution in [0.15, 0.2) is 32.4 Å². The smallest absolute Gasteiger partial charge is 0.267 e. The molecule has 1 heterocycles. The number of rotatable bonds is 2. The molecule has 0 saturated heterocycles. The molecule has 0 N–H and O–H groups in total. The van der Waals surface area contributed by atoms with Crippen molar-refractivity contribution in [3.63, 3.8) is 0 Å². The molecule has 0 unspecified atom stereocenters. The van der Waals surface area contributed by atoms with E-state index in [2.05, 4.69) is 20.9 Å². The SMILES string of the molecule is O=c1c(Br)cncn1CC(Cl)=CCl. The Morgan fingerprint density at radius 1 is 1.77 bits per heavy atom. The number of hydrogen-bond donors (Lipinski definition) is 0. The largest absolute Gasteiger partial charge is 0.293 e. The first-order valence-corrected chi connectivity index (χ1v) is 4.90. The van der Waals surface area contributed by atoms with Crippen LogP contribution in [0.3, 0.4) is 0 Å². The van der Waals surface area contributed by atoms with Crippen LogP contribution in [0.25, 0.3) is 0 Å². The second-order valence-electron chi connectivity index (χ2n) is 2.23. The third-order valence-electron chi connectivity index (χ3n) is 1.30. The van der Waals surface area contributed by atoms with Crippen LogP contribution in [0.5, 0.6) is 0 Å². The molecule has 0 fully saturated rings. The van der Waals surface area contributed by atoms with E-state index in [1.807, 2.05) is 0 Å². The first kappa shape index (κ1) is 10.8. The molecule has 1 aromatic rings. The quantitative estimate of drug-likeness (QED) is 0.835. The van der Waals surface area contributed by atoms with E-state index >= 15 is 0 Å². The number of allylic oxidation sites excluding steroid dienone is 1. The van der Waals surface area contributed by atoms with Crippen molar-refractivity contribution >= 4 is 39.1 Å². The van der Waals surface area contributed by atoms with Gasteiger partial charge in [-0.3, -0.25) is 9.36 Å². The van der Waals surface area contributed by atoms with Crippen LogP contribution in [0.2, 0.25) is 0 Å². The highest BCUT2D eigenvalue weighted by molar-refractivity contribution is 9.10. The number of aromatic nitrogens is 2. The van der Waals surface area contributed by atoms with Gasteiger partial charge in [0.1, 0.15) is 4.47 Å². The van der Waals surface area contributed by atoms with Crippen LogP contribution in [-0.2, 0) is 6.54 Å². The van der Waals surface area contributed by atoms with E-state index in [-0.39, 0.29) is 12.1 Å². The summed E-state index contributed by atoms with van der Waals surface area (Å²) in [5, 5.41) is 0.378. The maximum Gasteiger partial charge on any atom is 0.267 e. The lowest BCUT2D eigenvalue weighted by Gasteiger charge is -2.02. The lowest BCUT2D eigenvalue weighted by Crippen LogP contribution is -2.20. The minimum absolute atomic E-state index is 0.188. The molecule has 0 saturated carbocycles. The molecule has 0 aliphatic carbocycles. The van der Waals surface area contributed by atoms with Crippen molar-refractivity contribution in [2.45, 2.75) is 6.54 Å². The number of nitrogens with zero attached hydrogens (tertiary/aromatic N) is 2. The first-order valence-electron chi connectivity index (χ1n) is 3.30. The van der Waals surface area contributed by atoms with Crippen LogP contribution in [0, 0.1) is 0 Å². The van der Waals surface area contributed by atoms with Gasteiger partial charge >= 0.3 is 0 Å². The highest BCUT2D eigenvalue weighted by Gasteiger charge is 2.01. The average Bonchev–Trinajstić information content (AvgIpc) is 2.13. The summed E-state index contributed by atoms with van der Waals surface area (Å²) in [5.74, 6) is 0. The van der Waals surface area contributed by atoms with Crippen molar-refractivity contribution in [2.24, 2.45) is 0 Å². The molecule has 13 heavy (non-hydrogen) atoms. The predicted molar refractivity (Wildman–Crippen MR) is 56.0 cm³/mol. The molecule has 0 spiro atoms. The Bertz CT molecular complexity index is 388. The monoisotopic (exact) mass is 282 g/mol.